The molecule has 10 heteroatoms. The molecule has 0 spiro atoms. The number of methoxy groups -OCH3 is 1. The van der Waals surface area contributed by atoms with Crippen LogP contribution >= 0.6 is 12.4 Å². The van der Waals surface area contributed by atoms with Crippen LogP contribution in [-0.4, -0.2) is 56.6 Å². The maximum Gasteiger partial charge on any atom is 0.422 e. The molecule has 2 atom stereocenters. The van der Waals surface area contributed by atoms with Crippen molar-refractivity contribution in [3.63, 3.8) is 0 Å². The molecule has 0 aliphatic carbocycles. The molecule has 1 fully saturated rings. The number of β-amino-alcohol motifs (C(OH)–C–C–N with tert-alkyl or cyclic N) is 1. The van der Waals surface area contributed by atoms with Gasteiger partial charge in [0.25, 0.3) is 0 Å². The van der Waals surface area contributed by atoms with E-state index >= 15 is 0 Å². The fourth-order valence-corrected chi connectivity index (χ4v) is 2.67. The highest BCUT2D eigenvalue weighted by molar-refractivity contribution is 5.85. The van der Waals surface area contributed by atoms with Gasteiger partial charge in [-0.3, -0.25) is 4.79 Å². The predicted octanol–water partition coefficient (Wildman–Crippen LogP) is 1.69. The quantitative estimate of drug-likeness (QED) is 0.605. The van der Waals surface area contributed by atoms with Crippen LogP contribution in [0.1, 0.15) is 12.0 Å². The van der Waals surface area contributed by atoms with Crippen molar-refractivity contribution in [2.45, 2.75) is 25.1 Å². The Bertz CT molecular complexity index is 616. The highest BCUT2D eigenvalue weighted by Crippen LogP contribution is 2.30. The summed E-state index contributed by atoms with van der Waals surface area (Å²) in [4.78, 5) is 11.9. The molecule has 3 N–H and O–H groups in total. The van der Waals surface area contributed by atoms with Crippen LogP contribution in [0, 0.1) is 5.92 Å². The van der Waals surface area contributed by atoms with Gasteiger partial charge in [-0.05, 0) is 24.1 Å². The van der Waals surface area contributed by atoms with E-state index in [0.717, 1.165) is 5.56 Å². The van der Waals surface area contributed by atoms with E-state index in [1.807, 2.05) is 0 Å². The Morgan fingerprint density at radius 3 is 2.67 bits per heavy atom. The number of aliphatic hydroxyl groups excluding tert-OH is 1. The second-order valence-corrected chi connectivity index (χ2v) is 6.18. The summed E-state index contributed by atoms with van der Waals surface area (Å²) in [7, 11) is 1.34. The molecule has 1 heterocycles. The lowest BCUT2D eigenvalue weighted by Gasteiger charge is -2.15. The highest BCUT2D eigenvalue weighted by atomic mass is 35.5. The van der Waals surface area contributed by atoms with Gasteiger partial charge in [-0.2, -0.15) is 13.2 Å². The van der Waals surface area contributed by atoms with Crippen molar-refractivity contribution in [3.8, 4) is 11.5 Å². The van der Waals surface area contributed by atoms with Crippen molar-refractivity contribution in [3.05, 3.63) is 23.8 Å². The van der Waals surface area contributed by atoms with Gasteiger partial charge in [-0.25, -0.2) is 0 Å². The third kappa shape index (κ3) is 7.82. The minimum atomic E-state index is -4.43. The lowest BCUT2D eigenvalue weighted by Crippen LogP contribution is -2.34. The Balaban J connectivity index is 0.00000364. The normalized spacial score (nSPS) is 19.3. The largest absolute Gasteiger partial charge is 0.493 e. The number of benzene rings is 1. The van der Waals surface area contributed by atoms with Crippen molar-refractivity contribution < 1.29 is 32.5 Å². The molecule has 6 nitrogen and oxygen atoms in total. The number of carbonyl (C=O) groups excluding carboxylic acids is 1. The van der Waals surface area contributed by atoms with Gasteiger partial charge >= 0.3 is 6.18 Å². The molecule has 2 unspecified atom stereocenters. The van der Waals surface area contributed by atoms with E-state index in [1.165, 1.54) is 13.2 Å². The van der Waals surface area contributed by atoms with Crippen LogP contribution in [-0.2, 0) is 11.2 Å². The minimum Gasteiger partial charge on any atom is -0.493 e. The lowest BCUT2D eigenvalue weighted by molar-refractivity contribution is -0.153. The number of halogens is 4. The molecule has 1 amide bonds. The zero-order chi connectivity index (χ0) is 19.2. The van der Waals surface area contributed by atoms with Gasteiger partial charge in [0, 0.05) is 32.0 Å². The molecule has 0 aromatic heterocycles. The lowest BCUT2D eigenvalue weighted by atomic mass is 10.1. The van der Waals surface area contributed by atoms with E-state index in [9.17, 15) is 23.1 Å². The van der Waals surface area contributed by atoms with E-state index < -0.39 is 18.9 Å². The topological polar surface area (TPSA) is 79.8 Å². The summed E-state index contributed by atoms with van der Waals surface area (Å²) in [5.41, 5.74) is 0.749. The number of aryl methyl sites for hydroxylation is 1. The molecular formula is C17H24ClF3N2O4. The summed E-state index contributed by atoms with van der Waals surface area (Å²) in [5, 5.41) is 15.5. The van der Waals surface area contributed by atoms with E-state index in [0.29, 0.717) is 26.1 Å². The zero-order valence-corrected chi connectivity index (χ0v) is 15.7. The number of ether oxygens (including phenoxy) is 2. The Kier molecular flexibility index (Phi) is 9.14. The number of hydrogen-bond acceptors (Lipinski definition) is 5. The number of nitrogens with one attached hydrogen (secondary N) is 2. The highest BCUT2D eigenvalue weighted by Gasteiger charge is 2.29. The number of hydrogen-bond donors (Lipinski definition) is 3. The zero-order valence-electron chi connectivity index (χ0n) is 14.8. The molecule has 0 radical (unpaired) electrons. The van der Waals surface area contributed by atoms with Gasteiger partial charge in [0.05, 0.1) is 13.2 Å². The van der Waals surface area contributed by atoms with Crippen LogP contribution < -0.4 is 20.1 Å². The first-order valence-electron chi connectivity index (χ1n) is 8.30. The Morgan fingerprint density at radius 2 is 2.07 bits per heavy atom. The van der Waals surface area contributed by atoms with Gasteiger partial charge < -0.3 is 25.2 Å². The van der Waals surface area contributed by atoms with Gasteiger partial charge in [-0.1, -0.05) is 6.07 Å². The summed E-state index contributed by atoms with van der Waals surface area (Å²) >= 11 is 0. The SMILES string of the molecule is COc1cc(CCC(=O)NCC2CNCC2O)ccc1OCC(F)(F)F.Cl. The van der Waals surface area contributed by atoms with Gasteiger partial charge in [0.1, 0.15) is 0 Å². The summed E-state index contributed by atoms with van der Waals surface area (Å²) in [6.07, 6.45) is -4.25. The van der Waals surface area contributed by atoms with E-state index in [2.05, 4.69) is 10.6 Å². The van der Waals surface area contributed by atoms with Crippen LogP contribution in [0.25, 0.3) is 0 Å². The molecule has 1 aromatic rings. The Labute approximate surface area is 161 Å². The molecule has 1 aromatic carbocycles. The Hall–Kier alpha value is -1.71. The van der Waals surface area contributed by atoms with Gasteiger partial charge in [0.2, 0.25) is 5.91 Å². The standard InChI is InChI=1S/C17H23F3N2O4.ClH/c1-25-15-6-11(2-4-14(15)26-10-17(18,19)20)3-5-16(24)22-8-12-7-21-9-13(12)23;/h2,4,6,12-13,21,23H,3,5,7-10H2,1H3,(H,22,24);1H. The third-order valence-corrected chi connectivity index (χ3v) is 4.13. The predicted molar refractivity (Wildman–Crippen MR) is 95.5 cm³/mol. The van der Waals surface area contributed by atoms with Crippen LogP contribution in [0.15, 0.2) is 18.2 Å². The Morgan fingerprint density at radius 1 is 1.33 bits per heavy atom. The van der Waals surface area contributed by atoms with Crippen molar-refractivity contribution in [2.24, 2.45) is 5.92 Å². The molecular weight excluding hydrogens is 389 g/mol. The monoisotopic (exact) mass is 412 g/mol. The van der Waals surface area contributed by atoms with E-state index in [-0.39, 0.29) is 42.2 Å². The molecule has 154 valence electrons. The van der Waals surface area contributed by atoms with Gasteiger partial charge in [0.15, 0.2) is 18.1 Å². The fourth-order valence-electron chi connectivity index (χ4n) is 2.67. The minimum absolute atomic E-state index is 0. The first-order valence-corrected chi connectivity index (χ1v) is 8.30. The molecule has 27 heavy (non-hydrogen) atoms. The molecule has 0 saturated carbocycles. The summed E-state index contributed by atoms with van der Waals surface area (Å²) in [5.74, 6) is 0.0395. The van der Waals surface area contributed by atoms with Crippen molar-refractivity contribution in [1.82, 2.24) is 10.6 Å². The van der Waals surface area contributed by atoms with Crippen LogP contribution in [0.2, 0.25) is 0 Å². The maximum absolute atomic E-state index is 12.2. The van der Waals surface area contributed by atoms with Crippen molar-refractivity contribution in [1.29, 1.82) is 0 Å². The first kappa shape index (κ1) is 23.3. The number of alkyl halides is 3. The van der Waals surface area contributed by atoms with Crippen molar-refractivity contribution in [2.75, 3.05) is 33.4 Å². The molecule has 1 aliphatic rings. The second-order valence-electron chi connectivity index (χ2n) is 6.18. The van der Waals surface area contributed by atoms with Crippen LogP contribution in [0.3, 0.4) is 0 Å². The molecule has 2 rings (SSSR count). The van der Waals surface area contributed by atoms with Crippen molar-refractivity contribution >= 4 is 18.3 Å². The van der Waals surface area contributed by atoms with E-state index in [4.69, 9.17) is 9.47 Å². The molecule has 1 saturated heterocycles. The number of rotatable bonds is 8. The smallest absolute Gasteiger partial charge is 0.422 e. The average Bonchev–Trinajstić information content (AvgIpc) is 3.00. The maximum atomic E-state index is 12.2. The second kappa shape index (κ2) is 10.6. The van der Waals surface area contributed by atoms with Gasteiger partial charge in [-0.15, -0.1) is 12.4 Å². The van der Waals surface area contributed by atoms with E-state index in [1.54, 1.807) is 12.1 Å². The number of carbonyl (C=O) groups is 1. The average molecular weight is 413 g/mol. The first-order chi connectivity index (χ1) is 12.3. The third-order valence-electron chi connectivity index (χ3n) is 4.13. The molecule has 1 aliphatic heterocycles. The molecule has 0 bridgehead atoms. The van der Waals surface area contributed by atoms with Crippen LogP contribution in [0.4, 0.5) is 13.2 Å². The fraction of sp³-hybridized carbons (Fsp3) is 0.588. The summed E-state index contributed by atoms with van der Waals surface area (Å²) in [6.45, 7) is 0.203. The van der Waals surface area contributed by atoms with Crippen LogP contribution in [0.5, 0.6) is 11.5 Å². The number of aliphatic hydroxyl groups is 1. The number of amides is 1. The summed E-state index contributed by atoms with van der Waals surface area (Å²) < 4.78 is 46.5. The summed E-state index contributed by atoms with van der Waals surface area (Å²) in [6, 6.07) is 4.56.